The second-order valence-electron chi connectivity index (χ2n) is 6.02. The van der Waals surface area contributed by atoms with Crippen LogP contribution in [0.2, 0.25) is 0 Å². The molecule has 2 rings (SSSR count). The number of unbranched alkanes of at least 4 members (excludes halogenated alkanes) is 1. The minimum absolute atomic E-state index is 0.398. The van der Waals surface area contributed by atoms with Crippen molar-refractivity contribution < 1.29 is 9.59 Å². The van der Waals surface area contributed by atoms with Gasteiger partial charge in [-0.05, 0) is 12.0 Å². The highest BCUT2D eigenvalue weighted by Gasteiger charge is 2.25. The van der Waals surface area contributed by atoms with E-state index in [4.69, 9.17) is 0 Å². The Labute approximate surface area is 144 Å². The Morgan fingerprint density at radius 1 is 1.12 bits per heavy atom. The molecule has 1 saturated heterocycles. The zero-order chi connectivity index (χ0) is 17.2. The maximum atomic E-state index is 12.1. The average Bonchev–Trinajstić information content (AvgIpc) is 2.63. The Balaban J connectivity index is 1.70. The van der Waals surface area contributed by atoms with E-state index >= 15 is 0 Å². The molecule has 1 N–H and O–H groups in total. The lowest BCUT2D eigenvalue weighted by Crippen LogP contribution is -2.52. The number of carbonyl (C=O) groups is 2. The van der Waals surface area contributed by atoms with Crippen LogP contribution in [-0.2, 0) is 9.59 Å². The molecule has 0 radical (unpaired) electrons. The molecule has 1 heterocycles. The first-order chi connectivity index (χ1) is 11.7. The van der Waals surface area contributed by atoms with E-state index in [2.05, 4.69) is 41.4 Å². The number of piperazine rings is 1. The van der Waals surface area contributed by atoms with Gasteiger partial charge in [0.15, 0.2) is 0 Å². The summed E-state index contributed by atoms with van der Waals surface area (Å²) in [6.07, 6.45) is 6.16. The van der Waals surface area contributed by atoms with Crippen molar-refractivity contribution >= 4 is 17.9 Å². The molecule has 1 aliphatic rings. The molecule has 0 unspecified atom stereocenters. The summed E-state index contributed by atoms with van der Waals surface area (Å²) in [4.78, 5) is 27.8. The highest BCUT2D eigenvalue weighted by molar-refractivity contribution is 6.35. The smallest absolute Gasteiger partial charge is 0.311 e. The summed E-state index contributed by atoms with van der Waals surface area (Å²) >= 11 is 0. The quantitative estimate of drug-likeness (QED) is 0.639. The van der Waals surface area contributed by atoms with Crippen molar-refractivity contribution in [2.45, 2.75) is 19.8 Å². The second-order valence-corrected chi connectivity index (χ2v) is 6.02. The van der Waals surface area contributed by atoms with Gasteiger partial charge >= 0.3 is 11.8 Å². The molecule has 24 heavy (non-hydrogen) atoms. The van der Waals surface area contributed by atoms with Crippen molar-refractivity contribution in [3.05, 3.63) is 42.0 Å². The van der Waals surface area contributed by atoms with Gasteiger partial charge in [0.2, 0.25) is 0 Å². The molecule has 0 atom stereocenters. The zero-order valence-electron chi connectivity index (χ0n) is 14.4. The third kappa shape index (κ3) is 5.81. The van der Waals surface area contributed by atoms with Crippen molar-refractivity contribution in [3.8, 4) is 0 Å². The Hall–Kier alpha value is -2.14. The zero-order valence-corrected chi connectivity index (χ0v) is 14.4. The van der Waals surface area contributed by atoms with E-state index < -0.39 is 11.8 Å². The Bertz CT molecular complexity index is 549. The van der Waals surface area contributed by atoms with Gasteiger partial charge in [0.1, 0.15) is 0 Å². The maximum Gasteiger partial charge on any atom is 0.311 e. The fourth-order valence-electron chi connectivity index (χ4n) is 2.63. The number of amides is 2. The molecule has 0 aromatic heterocycles. The highest BCUT2D eigenvalue weighted by Crippen LogP contribution is 2.05. The van der Waals surface area contributed by atoms with Crippen LogP contribution in [-0.4, -0.2) is 60.9 Å². The van der Waals surface area contributed by atoms with Gasteiger partial charge in [-0.15, -0.1) is 0 Å². The monoisotopic (exact) mass is 329 g/mol. The van der Waals surface area contributed by atoms with E-state index in [1.54, 1.807) is 4.90 Å². The van der Waals surface area contributed by atoms with E-state index in [1.807, 2.05) is 18.2 Å². The number of hydrogen-bond acceptors (Lipinski definition) is 3. The van der Waals surface area contributed by atoms with Gasteiger partial charge in [-0.3, -0.25) is 14.5 Å². The van der Waals surface area contributed by atoms with Gasteiger partial charge in [0, 0.05) is 39.3 Å². The van der Waals surface area contributed by atoms with Crippen molar-refractivity contribution in [1.82, 2.24) is 15.1 Å². The largest absolute Gasteiger partial charge is 0.348 e. The van der Waals surface area contributed by atoms with Crippen LogP contribution in [0.15, 0.2) is 36.4 Å². The first-order valence-electron chi connectivity index (χ1n) is 8.71. The fourth-order valence-corrected chi connectivity index (χ4v) is 2.63. The molecule has 0 spiro atoms. The standard InChI is InChI=1S/C19H27N3O2/c1-2-3-11-20-18(23)19(24)22-15-13-21(14-16-22)12-7-10-17-8-5-4-6-9-17/h4-10H,2-3,11-16H2,1H3,(H,20,23)/b10-7+. The van der Waals surface area contributed by atoms with Gasteiger partial charge in [0.25, 0.3) is 0 Å². The predicted molar refractivity (Wildman–Crippen MR) is 96.4 cm³/mol. The number of nitrogens with zero attached hydrogens (tertiary/aromatic N) is 2. The molecule has 0 aliphatic carbocycles. The van der Waals surface area contributed by atoms with Crippen LogP contribution in [0.25, 0.3) is 6.08 Å². The van der Waals surface area contributed by atoms with E-state index in [0.29, 0.717) is 19.6 Å². The molecular weight excluding hydrogens is 302 g/mol. The van der Waals surface area contributed by atoms with Crippen LogP contribution >= 0.6 is 0 Å². The molecule has 1 aromatic carbocycles. The van der Waals surface area contributed by atoms with Crippen LogP contribution in [0.5, 0.6) is 0 Å². The van der Waals surface area contributed by atoms with Crippen LogP contribution in [0.4, 0.5) is 0 Å². The number of hydrogen-bond donors (Lipinski definition) is 1. The molecule has 5 nitrogen and oxygen atoms in total. The normalized spacial score (nSPS) is 15.6. The molecule has 1 fully saturated rings. The van der Waals surface area contributed by atoms with Crippen LogP contribution in [0.1, 0.15) is 25.3 Å². The Morgan fingerprint density at radius 3 is 2.50 bits per heavy atom. The van der Waals surface area contributed by atoms with Crippen LogP contribution in [0.3, 0.4) is 0 Å². The fraction of sp³-hybridized carbons (Fsp3) is 0.474. The number of rotatable bonds is 6. The van der Waals surface area contributed by atoms with E-state index in [1.165, 1.54) is 5.56 Å². The van der Waals surface area contributed by atoms with Gasteiger partial charge in [-0.2, -0.15) is 0 Å². The number of nitrogens with one attached hydrogen (secondary N) is 1. The summed E-state index contributed by atoms with van der Waals surface area (Å²) in [5, 5.41) is 2.69. The molecular formula is C19H27N3O2. The van der Waals surface area contributed by atoms with Gasteiger partial charge in [0.05, 0.1) is 0 Å². The first-order valence-corrected chi connectivity index (χ1v) is 8.71. The summed E-state index contributed by atoms with van der Waals surface area (Å²) < 4.78 is 0. The lowest BCUT2D eigenvalue weighted by atomic mass is 10.2. The SMILES string of the molecule is CCCCNC(=O)C(=O)N1CCN(C/C=C/c2ccccc2)CC1. The Kier molecular flexibility index (Phi) is 7.49. The van der Waals surface area contributed by atoms with Crippen LogP contribution < -0.4 is 5.32 Å². The summed E-state index contributed by atoms with van der Waals surface area (Å²) in [6, 6.07) is 10.2. The molecule has 130 valence electrons. The summed E-state index contributed by atoms with van der Waals surface area (Å²) in [6.45, 7) is 6.31. The number of carbonyl (C=O) groups excluding carboxylic acids is 2. The van der Waals surface area contributed by atoms with E-state index in [-0.39, 0.29) is 0 Å². The van der Waals surface area contributed by atoms with Crippen molar-refractivity contribution in [2.75, 3.05) is 39.3 Å². The second kappa shape index (κ2) is 9.88. The molecule has 1 aliphatic heterocycles. The average molecular weight is 329 g/mol. The van der Waals surface area contributed by atoms with Gasteiger partial charge in [-0.25, -0.2) is 0 Å². The molecule has 2 amide bonds. The summed E-state index contributed by atoms with van der Waals surface area (Å²) in [7, 11) is 0. The Morgan fingerprint density at radius 2 is 1.83 bits per heavy atom. The number of benzene rings is 1. The predicted octanol–water partition coefficient (Wildman–Crippen LogP) is 1.76. The van der Waals surface area contributed by atoms with Crippen molar-refractivity contribution in [3.63, 3.8) is 0 Å². The minimum atomic E-state index is -0.471. The maximum absolute atomic E-state index is 12.1. The summed E-state index contributed by atoms with van der Waals surface area (Å²) in [5.74, 6) is -0.869. The van der Waals surface area contributed by atoms with E-state index in [9.17, 15) is 9.59 Å². The van der Waals surface area contributed by atoms with Gasteiger partial charge in [-0.1, -0.05) is 55.8 Å². The van der Waals surface area contributed by atoms with Gasteiger partial charge < -0.3 is 10.2 Å². The first kappa shape index (κ1) is 18.2. The molecule has 0 bridgehead atoms. The molecule has 1 aromatic rings. The highest BCUT2D eigenvalue weighted by atomic mass is 16.2. The van der Waals surface area contributed by atoms with Crippen molar-refractivity contribution in [2.24, 2.45) is 0 Å². The minimum Gasteiger partial charge on any atom is -0.348 e. The van der Waals surface area contributed by atoms with E-state index in [0.717, 1.165) is 32.5 Å². The topological polar surface area (TPSA) is 52.7 Å². The third-order valence-corrected chi connectivity index (χ3v) is 4.14. The van der Waals surface area contributed by atoms with Crippen molar-refractivity contribution in [1.29, 1.82) is 0 Å². The third-order valence-electron chi connectivity index (χ3n) is 4.14. The lowest BCUT2D eigenvalue weighted by molar-refractivity contribution is -0.146. The summed E-state index contributed by atoms with van der Waals surface area (Å²) in [5.41, 5.74) is 1.19. The molecule has 0 saturated carbocycles. The lowest BCUT2D eigenvalue weighted by Gasteiger charge is -2.33. The molecule has 5 heteroatoms. The van der Waals surface area contributed by atoms with Crippen LogP contribution in [0, 0.1) is 0 Å².